The van der Waals surface area contributed by atoms with Crippen LogP contribution in [0.25, 0.3) is 39.1 Å². The number of fused-ring (bicyclic) bond motifs is 2. The third kappa shape index (κ3) is 6.34. The molecule has 0 amide bonds. The summed E-state index contributed by atoms with van der Waals surface area (Å²) in [6.07, 6.45) is 7.98. The van der Waals surface area contributed by atoms with Crippen LogP contribution in [0.15, 0.2) is 164 Å². The molecule has 6 aromatic carbocycles. The molecule has 2 unspecified atom stereocenters. The molecule has 3 N–H and O–H groups in total. The van der Waals surface area contributed by atoms with Gasteiger partial charge in [-0.25, -0.2) is 0 Å². The van der Waals surface area contributed by atoms with Crippen LogP contribution in [0.5, 0.6) is 0 Å². The van der Waals surface area contributed by atoms with E-state index in [2.05, 4.69) is 173 Å². The molecule has 0 fully saturated rings. The molecule has 238 valence electrons. The second kappa shape index (κ2) is 13.6. The molecule has 7 aromatic rings. The fourth-order valence-electron chi connectivity index (χ4n) is 7.06. The summed E-state index contributed by atoms with van der Waals surface area (Å²) >= 11 is 0. The summed E-state index contributed by atoms with van der Waals surface area (Å²) in [5, 5.41) is 13.6. The highest BCUT2D eigenvalue weighted by Gasteiger charge is 2.21. The highest BCUT2D eigenvalue weighted by Crippen LogP contribution is 2.36. The number of aromatic nitrogens is 1. The topological polar surface area (TPSA) is 49.0 Å². The molecule has 1 aliphatic rings. The Labute approximate surface area is 288 Å². The summed E-state index contributed by atoms with van der Waals surface area (Å²) in [6, 6.07) is 52.5. The maximum Gasteiger partial charge on any atom is 0.0768 e. The standard InChI is InChI=1S/C45H38N4/c1-46-43-28-37(36-18-17-32-10-5-6-14-35(32)26-36)19-20-42(43)44(34-12-3-2-4-13-34)49-29-31-24-39(38-15-9-22-47-30-38)27-40(25-31)45-41-16-8-7-11-33(41)21-23-48-45/h2-28,30,44-46,48-49H,29H2,1H3. The van der Waals surface area contributed by atoms with Gasteiger partial charge in [0.25, 0.3) is 0 Å². The van der Waals surface area contributed by atoms with Crippen molar-refractivity contribution < 1.29 is 0 Å². The fourth-order valence-corrected chi connectivity index (χ4v) is 7.06. The van der Waals surface area contributed by atoms with E-state index in [4.69, 9.17) is 0 Å². The lowest BCUT2D eigenvalue weighted by Crippen LogP contribution is -2.24. The van der Waals surface area contributed by atoms with Crippen molar-refractivity contribution in [3.8, 4) is 22.3 Å². The largest absolute Gasteiger partial charge is 0.388 e. The van der Waals surface area contributed by atoms with Gasteiger partial charge in [-0.2, -0.15) is 0 Å². The van der Waals surface area contributed by atoms with E-state index in [1.165, 1.54) is 55.3 Å². The molecule has 4 heteroatoms. The molecule has 0 aliphatic carbocycles. The van der Waals surface area contributed by atoms with Gasteiger partial charge in [0.15, 0.2) is 0 Å². The Kier molecular flexibility index (Phi) is 8.45. The Balaban J connectivity index is 1.16. The Morgan fingerprint density at radius 1 is 0.673 bits per heavy atom. The quantitative estimate of drug-likeness (QED) is 0.148. The lowest BCUT2D eigenvalue weighted by molar-refractivity contribution is 0.605. The van der Waals surface area contributed by atoms with Crippen LogP contribution in [0.1, 0.15) is 45.5 Å². The summed E-state index contributed by atoms with van der Waals surface area (Å²) in [7, 11) is 2.01. The van der Waals surface area contributed by atoms with Crippen LogP contribution < -0.4 is 16.0 Å². The molecule has 49 heavy (non-hydrogen) atoms. The van der Waals surface area contributed by atoms with Crippen LogP contribution >= 0.6 is 0 Å². The zero-order valence-electron chi connectivity index (χ0n) is 27.5. The second-order valence-corrected chi connectivity index (χ2v) is 12.6. The Morgan fingerprint density at radius 2 is 1.47 bits per heavy atom. The first-order valence-corrected chi connectivity index (χ1v) is 16.9. The monoisotopic (exact) mass is 634 g/mol. The van der Waals surface area contributed by atoms with Gasteiger partial charge in [0, 0.05) is 37.2 Å². The molecule has 4 nitrogen and oxygen atoms in total. The number of pyridine rings is 1. The number of hydrogen-bond acceptors (Lipinski definition) is 4. The predicted octanol–water partition coefficient (Wildman–Crippen LogP) is 10.2. The molecule has 0 radical (unpaired) electrons. The molecule has 2 atom stereocenters. The summed E-state index contributed by atoms with van der Waals surface area (Å²) in [4.78, 5) is 4.44. The van der Waals surface area contributed by atoms with E-state index in [0.717, 1.165) is 16.8 Å². The number of hydrogen-bond donors (Lipinski definition) is 3. The van der Waals surface area contributed by atoms with Gasteiger partial charge in [0.1, 0.15) is 0 Å². The van der Waals surface area contributed by atoms with Gasteiger partial charge in [-0.05, 0) is 103 Å². The Morgan fingerprint density at radius 3 is 2.33 bits per heavy atom. The van der Waals surface area contributed by atoms with Gasteiger partial charge in [0.05, 0.1) is 12.1 Å². The van der Waals surface area contributed by atoms with E-state index in [1.807, 2.05) is 25.5 Å². The molecular weight excluding hydrogens is 597 g/mol. The SMILES string of the molecule is CNc1cc(-c2ccc3ccccc3c2)ccc1C(NCc1cc(-c2cccnc2)cc(C2NC=Cc3ccccc32)c1)c1ccccc1. The van der Waals surface area contributed by atoms with Crippen molar-refractivity contribution in [1.29, 1.82) is 0 Å². The molecule has 1 aliphatic heterocycles. The summed E-state index contributed by atoms with van der Waals surface area (Å²) in [5.41, 5.74) is 13.1. The molecule has 1 aromatic heterocycles. The minimum absolute atomic E-state index is 0.0312. The van der Waals surface area contributed by atoms with Crippen LogP contribution in [0.2, 0.25) is 0 Å². The molecule has 0 bridgehead atoms. The highest BCUT2D eigenvalue weighted by atomic mass is 14.9. The van der Waals surface area contributed by atoms with Gasteiger partial charge >= 0.3 is 0 Å². The number of benzene rings is 6. The first-order chi connectivity index (χ1) is 24.2. The van der Waals surface area contributed by atoms with Crippen LogP contribution in [0.4, 0.5) is 5.69 Å². The van der Waals surface area contributed by atoms with Crippen molar-refractivity contribution in [2.24, 2.45) is 0 Å². The number of nitrogens with one attached hydrogen (secondary N) is 3. The van der Waals surface area contributed by atoms with Crippen molar-refractivity contribution in [2.45, 2.75) is 18.6 Å². The lowest BCUT2D eigenvalue weighted by Gasteiger charge is -2.26. The summed E-state index contributed by atoms with van der Waals surface area (Å²) in [6.45, 7) is 0.681. The van der Waals surface area contributed by atoms with E-state index in [0.29, 0.717) is 6.54 Å². The maximum absolute atomic E-state index is 4.44. The van der Waals surface area contributed by atoms with Crippen LogP contribution in [0, 0.1) is 0 Å². The van der Waals surface area contributed by atoms with Crippen LogP contribution in [-0.2, 0) is 6.54 Å². The predicted molar refractivity (Wildman–Crippen MR) is 204 cm³/mol. The minimum Gasteiger partial charge on any atom is -0.388 e. The summed E-state index contributed by atoms with van der Waals surface area (Å²) < 4.78 is 0. The van der Waals surface area contributed by atoms with Crippen LogP contribution in [0.3, 0.4) is 0 Å². The van der Waals surface area contributed by atoms with E-state index in [9.17, 15) is 0 Å². The lowest BCUT2D eigenvalue weighted by atomic mass is 9.89. The van der Waals surface area contributed by atoms with Gasteiger partial charge in [-0.3, -0.25) is 4.98 Å². The molecule has 8 rings (SSSR count). The molecule has 0 saturated heterocycles. The molecule has 2 heterocycles. The zero-order valence-corrected chi connectivity index (χ0v) is 27.5. The molecule has 0 saturated carbocycles. The van der Waals surface area contributed by atoms with Crippen molar-refractivity contribution in [3.05, 3.63) is 198 Å². The third-order valence-corrected chi connectivity index (χ3v) is 9.54. The zero-order chi connectivity index (χ0) is 33.0. The average Bonchev–Trinajstić information content (AvgIpc) is 3.18. The number of anilines is 1. The highest BCUT2D eigenvalue weighted by molar-refractivity contribution is 5.88. The van der Waals surface area contributed by atoms with E-state index >= 15 is 0 Å². The smallest absolute Gasteiger partial charge is 0.0768 e. The first kappa shape index (κ1) is 30.4. The Hall–Kier alpha value is -5.97. The van der Waals surface area contributed by atoms with Gasteiger partial charge in [0.2, 0.25) is 0 Å². The van der Waals surface area contributed by atoms with E-state index < -0.39 is 0 Å². The van der Waals surface area contributed by atoms with Crippen LogP contribution in [-0.4, -0.2) is 12.0 Å². The fraction of sp³-hybridized carbons (Fsp3) is 0.0889. The Bertz CT molecular complexity index is 2260. The summed E-state index contributed by atoms with van der Waals surface area (Å²) in [5.74, 6) is 0. The van der Waals surface area contributed by atoms with Crippen molar-refractivity contribution >= 4 is 22.5 Å². The van der Waals surface area contributed by atoms with Gasteiger partial charge in [-0.15, -0.1) is 0 Å². The normalized spacial score (nSPS) is 14.2. The van der Waals surface area contributed by atoms with Crippen molar-refractivity contribution in [3.63, 3.8) is 0 Å². The third-order valence-electron chi connectivity index (χ3n) is 9.54. The maximum atomic E-state index is 4.44. The van der Waals surface area contributed by atoms with E-state index in [1.54, 1.807) is 0 Å². The minimum atomic E-state index is -0.0312. The van der Waals surface area contributed by atoms with Gasteiger partial charge < -0.3 is 16.0 Å². The number of rotatable bonds is 9. The molecular formula is C45H38N4. The van der Waals surface area contributed by atoms with Crippen molar-refractivity contribution in [1.82, 2.24) is 15.6 Å². The van der Waals surface area contributed by atoms with Crippen molar-refractivity contribution in [2.75, 3.05) is 12.4 Å². The van der Waals surface area contributed by atoms with Gasteiger partial charge in [-0.1, -0.05) is 115 Å². The second-order valence-electron chi connectivity index (χ2n) is 12.6. The number of nitrogens with zero attached hydrogens (tertiary/aromatic N) is 1. The average molecular weight is 635 g/mol. The van der Waals surface area contributed by atoms with E-state index in [-0.39, 0.29) is 12.1 Å². The first-order valence-electron chi connectivity index (χ1n) is 16.9. The molecule has 0 spiro atoms.